The fourth-order valence-corrected chi connectivity index (χ4v) is 0.978. The van der Waals surface area contributed by atoms with Gasteiger partial charge in [-0.2, -0.15) is 0 Å². The first kappa shape index (κ1) is 10.8. The Hall–Kier alpha value is -1.29. The summed E-state index contributed by atoms with van der Waals surface area (Å²) in [5.41, 5.74) is 0. The number of rotatable bonds is 4. The lowest BCUT2D eigenvalue weighted by atomic mass is 10.3. The molecule has 0 fully saturated rings. The predicted octanol–water partition coefficient (Wildman–Crippen LogP) is 2.14. The van der Waals surface area contributed by atoms with Crippen LogP contribution in [0.25, 0.3) is 0 Å². The lowest BCUT2D eigenvalue weighted by molar-refractivity contribution is -0.143. The highest BCUT2D eigenvalue weighted by atomic mass is 35.5. The van der Waals surface area contributed by atoms with E-state index in [-0.39, 0.29) is 0 Å². The van der Waals surface area contributed by atoms with E-state index < -0.39 is 18.7 Å². The number of alkyl halides is 1. The summed E-state index contributed by atoms with van der Waals surface area (Å²) in [5, 5.41) is 8.69. The summed E-state index contributed by atoms with van der Waals surface area (Å²) in [6, 6.07) is 6.32. The minimum absolute atomic E-state index is 0.349. The van der Waals surface area contributed by atoms with E-state index in [0.29, 0.717) is 10.8 Å². The van der Waals surface area contributed by atoms with Crippen molar-refractivity contribution in [1.29, 1.82) is 0 Å². The molecule has 0 spiro atoms. The Labute approximate surface area is 85.1 Å². The molecule has 0 bridgehead atoms. The van der Waals surface area contributed by atoms with Crippen LogP contribution in [0.1, 0.15) is 0 Å². The molecule has 5 heteroatoms. The molecular formula is C9H8ClFO3. The van der Waals surface area contributed by atoms with E-state index in [1.807, 2.05) is 0 Å². The second-order valence-electron chi connectivity index (χ2n) is 2.57. The minimum atomic E-state index is -2.02. The number of carboxylic acids is 1. The fraction of sp³-hybridized carbons (Fsp3) is 0.222. The second-order valence-corrected chi connectivity index (χ2v) is 3.01. The lowest BCUT2D eigenvalue weighted by Gasteiger charge is -2.06. The number of carboxylic acid groups (broad SMARTS) is 1. The van der Waals surface area contributed by atoms with Gasteiger partial charge in [0, 0.05) is 5.02 Å². The second kappa shape index (κ2) is 4.81. The third kappa shape index (κ3) is 3.22. The zero-order valence-electron chi connectivity index (χ0n) is 7.11. The van der Waals surface area contributed by atoms with Gasteiger partial charge in [0.2, 0.25) is 6.17 Å². The van der Waals surface area contributed by atoms with Crippen molar-refractivity contribution in [2.45, 2.75) is 6.17 Å². The summed E-state index contributed by atoms with van der Waals surface area (Å²) in [6.07, 6.45) is -2.02. The van der Waals surface area contributed by atoms with Crippen LogP contribution in [0.2, 0.25) is 5.02 Å². The molecule has 1 N–H and O–H groups in total. The van der Waals surface area contributed by atoms with Crippen LogP contribution in [-0.2, 0) is 4.79 Å². The molecule has 1 atom stereocenters. The molecule has 0 saturated carbocycles. The maximum Gasteiger partial charge on any atom is 0.341 e. The summed E-state index contributed by atoms with van der Waals surface area (Å²) < 4.78 is 17.4. The van der Waals surface area contributed by atoms with Crippen molar-refractivity contribution in [3.8, 4) is 5.75 Å². The third-order valence-electron chi connectivity index (χ3n) is 1.46. The molecular weight excluding hydrogens is 211 g/mol. The quantitative estimate of drug-likeness (QED) is 0.842. The highest BCUT2D eigenvalue weighted by Gasteiger charge is 2.16. The van der Waals surface area contributed by atoms with Gasteiger partial charge in [-0.05, 0) is 18.2 Å². The fourth-order valence-electron chi connectivity index (χ4n) is 0.797. The molecule has 1 aromatic carbocycles. The molecule has 0 heterocycles. The molecule has 1 aromatic rings. The first-order chi connectivity index (χ1) is 6.59. The average Bonchev–Trinajstić information content (AvgIpc) is 2.14. The Morgan fingerprint density at radius 2 is 2.36 bits per heavy atom. The third-order valence-corrected chi connectivity index (χ3v) is 1.70. The van der Waals surface area contributed by atoms with Gasteiger partial charge in [-0.25, -0.2) is 9.18 Å². The largest absolute Gasteiger partial charge is 0.490 e. The molecule has 0 aromatic heterocycles. The van der Waals surface area contributed by atoms with Gasteiger partial charge in [0.25, 0.3) is 0 Å². The Kier molecular flexibility index (Phi) is 3.71. The maximum atomic E-state index is 12.6. The molecule has 1 rings (SSSR count). The highest BCUT2D eigenvalue weighted by molar-refractivity contribution is 6.30. The molecule has 0 aliphatic heterocycles. The number of ether oxygens (including phenoxy) is 1. The molecule has 0 radical (unpaired) electrons. The van der Waals surface area contributed by atoms with E-state index in [4.69, 9.17) is 21.4 Å². The zero-order valence-corrected chi connectivity index (χ0v) is 7.87. The summed E-state index contributed by atoms with van der Waals surface area (Å²) in [7, 11) is 0. The van der Waals surface area contributed by atoms with Gasteiger partial charge >= 0.3 is 5.97 Å². The van der Waals surface area contributed by atoms with E-state index >= 15 is 0 Å². The van der Waals surface area contributed by atoms with E-state index in [2.05, 4.69) is 0 Å². The van der Waals surface area contributed by atoms with Crippen LogP contribution < -0.4 is 4.74 Å². The van der Waals surface area contributed by atoms with Crippen LogP contribution in [-0.4, -0.2) is 23.9 Å². The number of hydrogen-bond acceptors (Lipinski definition) is 2. The predicted molar refractivity (Wildman–Crippen MR) is 49.5 cm³/mol. The molecule has 0 aliphatic carbocycles. The van der Waals surface area contributed by atoms with Crippen LogP contribution in [0.15, 0.2) is 24.3 Å². The molecule has 0 amide bonds. The minimum Gasteiger partial charge on any atom is -0.490 e. The average molecular weight is 219 g/mol. The van der Waals surface area contributed by atoms with E-state index in [0.717, 1.165) is 0 Å². The lowest BCUT2D eigenvalue weighted by Crippen LogP contribution is -2.22. The van der Waals surface area contributed by atoms with Crippen molar-refractivity contribution in [3.05, 3.63) is 29.3 Å². The van der Waals surface area contributed by atoms with Crippen LogP contribution >= 0.6 is 11.6 Å². The number of hydrogen-bond donors (Lipinski definition) is 1. The van der Waals surface area contributed by atoms with Gasteiger partial charge in [0.1, 0.15) is 12.4 Å². The van der Waals surface area contributed by atoms with Gasteiger partial charge in [-0.3, -0.25) is 0 Å². The van der Waals surface area contributed by atoms with Crippen LogP contribution in [0.5, 0.6) is 5.75 Å². The summed E-state index contributed by atoms with van der Waals surface area (Å²) in [4.78, 5) is 10.1. The zero-order chi connectivity index (χ0) is 10.6. The normalized spacial score (nSPS) is 12.1. The monoisotopic (exact) mass is 218 g/mol. The number of benzene rings is 1. The van der Waals surface area contributed by atoms with Crippen molar-refractivity contribution in [2.24, 2.45) is 0 Å². The van der Waals surface area contributed by atoms with Gasteiger partial charge in [0.15, 0.2) is 0 Å². The van der Waals surface area contributed by atoms with E-state index in [1.165, 1.54) is 6.07 Å². The molecule has 0 saturated heterocycles. The van der Waals surface area contributed by atoms with Crippen molar-refractivity contribution in [3.63, 3.8) is 0 Å². The van der Waals surface area contributed by atoms with Crippen molar-refractivity contribution < 1.29 is 19.0 Å². The van der Waals surface area contributed by atoms with Crippen molar-refractivity contribution >= 4 is 17.6 Å². The van der Waals surface area contributed by atoms with Crippen LogP contribution in [0.3, 0.4) is 0 Å². The Morgan fingerprint density at radius 1 is 1.64 bits per heavy atom. The summed E-state index contributed by atoms with van der Waals surface area (Å²) >= 11 is 5.63. The van der Waals surface area contributed by atoms with Gasteiger partial charge in [0.05, 0.1) is 0 Å². The number of halogens is 2. The summed E-state index contributed by atoms with van der Waals surface area (Å²) in [5.74, 6) is -1.19. The first-order valence-corrected chi connectivity index (χ1v) is 4.22. The number of aliphatic carboxylic acids is 1. The molecule has 0 aliphatic rings. The van der Waals surface area contributed by atoms with Crippen LogP contribution in [0.4, 0.5) is 4.39 Å². The SMILES string of the molecule is O=C(O)C(F)COc1cccc(Cl)c1. The van der Waals surface area contributed by atoms with Gasteiger partial charge in [-0.1, -0.05) is 17.7 Å². The van der Waals surface area contributed by atoms with E-state index in [1.54, 1.807) is 18.2 Å². The Morgan fingerprint density at radius 3 is 2.93 bits per heavy atom. The van der Waals surface area contributed by atoms with Crippen LogP contribution in [0, 0.1) is 0 Å². The smallest absolute Gasteiger partial charge is 0.341 e. The number of carbonyl (C=O) groups is 1. The maximum absolute atomic E-state index is 12.6. The van der Waals surface area contributed by atoms with Crippen molar-refractivity contribution in [2.75, 3.05) is 6.61 Å². The topological polar surface area (TPSA) is 46.5 Å². The molecule has 76 valence electrons. The van der Waals surface area contributed by atoms with E-state index in [9.17, 15) is 9.18 Å². The molecule has 14 heavy (non-hydrogen) atoms. The standard InChI is InChI=1S/C9H8ClFO3/c10-6-2-1-3-7(4-6)14-5-8(11)9(12)13/h1-4,8H,5H2,(H,12,13). The Bertz CT molecular complexity index is 330. The first-order valence-electron chi connectivity index (χ1n) is 3.85. The van der Waals surface area contributed by atoms with Gasteiger partial charge in [-0.15, -0.1) is 0 Å². The highest BCUT2D eigenvalue weighted by Crippen LogP contribution is 2.17. The molecule has 3 nitrogen and oxygen atoms in total. The Balaban J connectivity index is 2.49. The summed E-state index contributed by atoms with van der Waals surface area (Å²) in [6.45, 7) is -0.518. The van der Waals surface area contributed by atoms with Crippen molar-refractivity contribution in [1.82, 2.24) is 0 Å². The molecule has 1 unspecified atom stereocenters. The van der Waals surface area contributed by atoms with Gasteiger partial charge < -0.3 is 9.84 Å².